The van der Waals surface area contributed by atoms with Crippen molar-refractivity contribution in [2.24, 2.45) is 11.7 Å². The second-order valence-corrected chi connectivity index (χ2v) is 6.12. The molecule has 3 nitrogen and oxygen atoms in total. The second kappa shape index (κ2) is 5.49. The molecule has 1 saturated carbocycles. The van der Waals surface area contributed by atoms with Crippen LogP contribution in [0.5, 0.6) is 5.88 Å². The topological polar surface area (TPSA) is 48.1 Å². The van der Waals surface area contributed by atoms with E-state index >= 15 is 0 Å². The van der Waals surface area contributed by atoms with Crippen molar-refractivity contribution in [1.29, 1.82) is 0 Å². The van der Waals surface area contributed by atoms with Gasteiger partial charge in [-0.1, -0.05) is 6.92 Å². The van der Waals surface area contributed by atoms with Gasteiger partial charge in [-0.3, -0.25) is 0 Å². The van der Waals surface area contributed by atoms with E-state index in [1.54, 1.807) is 0 Å². The predicted octanol–water partition coefficient (Wildman–Crippen LogP) is 2.99. The minimum Gasteiger partial charge on any atom is -0.474 e. The summed E-state index contributed by atoms with van der Waals surface area (Å²) in [6.45, 7) is 2.86. The van der Waals surface area contributed by atoms with E-state index in [-0.39, 0.29) is 0 Å². The Morgan fingerprint density at radius 1 is 1.26 bits per heavy atom. The predicted molar refractivity (Wildman–Crippen MR) is 76.2 cm³/mol. The fraction of sp³-hybridized carbons (Fsp3) is 0.688. The molecule has 0 amide bonds. The molecule has 2 N–H and O–H groups in total. The van der Waals surface area contributed by atoms with Crippen molar-refractivity contribution in [1.82, 2.24) is 4.98 Å². The number of rotatable bonds is 3. The summed E-state index contributed by atoms with van der Waals surface area (Å²) in [7, 11) is 0. The van der Waals surface area contributed by atoms with E-state index in [9.17, 15) is 0 Å². The van der Waals surface area contributed by atoms with E-state index in [1.165, 1.54) is 30.5 Å². The van der Waals surface area contributed by atoms with Gasteiger partial charge in [0, 0.05) is 17.8 Å². The van der Waals surface area contributed by atoms with Crippen LogP contribution in [0.15, 0.2) is 6.07 Å². The Bertz CT molecular complexity index is 450. The van der Waals surface area contributed by atoms with Gasteiger partial charge in [-0.05, 0) is 62.5 Å². The molecular formula is C16H24N2O. The summed E-state index contributed by atoms with van der Waals surface area (Å²) in [5, 5.41) is 0. The highest BCUT2D eigenvalue weighted by Crippen LogP contribution is 2.30. The third-order valence-electron chi connectivity index (χ3n) is 4.55. The van der Waals surface area contributed by atoms with Crippen LogP contribution in [0.25, 0.3) is 0 Å². The van der Waals surface area contributed by atoms with E-state index in [2.05, 4.69) is 13.0 Å². The van der Waals surface area contributed by atoms with Gasteiger partial charge < -0.3 is 10.5 Å². The number of aromatic nitrogens is 1. The van der Waals surface area contributed by atoms with E-state index in [4.69, 9.17) is 15.5 Å². The highest BCUT2D eigenvalue weighted by atomic mass is 16.5. The van der Waals surface area contributed by atoms with Gasteiger partial charge in [-0.15, -0.1) is 0 Å². The molecule has 0 unspecified atom stereocenters. The monoisotopic (exact) mass is 260 g/mol. The number of nitrogens with zero attached hydrogens (tertiary/aromatic N) is 1. The Hall–Kier alpha value is -1.09. The van der Waals surface area contributed by atoms with Crippen LogP contribution < -0.4 is 10.5 Å². The maximum absolute atomic E-state index is 6.16. The fourth-order valence-electron chi connectivity index (χ4n) is 3.25. The first kappa shape index (κ1) is 12.9. The van der Waals surface area contributed by atoms with Gasteiger partial charge in [0.25, 0.3) is 0 Å². The molecule has 0 bridgehead atoms. The molecule has 0 saturated heterocycles. The molecule has 104 valence electrons. The van der Waals surface area contributed by atoms with Crippen LogP contribution in [0.2, 0.25) is 0 Å². The van der Waals surface area contributed by atoms with Crippen molar-refractivity contribution in [3.63, 3.8) is 0 Å². The second-order valence-electron chi connectivity index (χ2n) is 6.12. The third kappa shape index (κ3) is 2.76. The lowest BCUT2D eigenvalue weighted by Crippen LogP contribution is -2.24. The molecule has 3 heteroatoms. The molecule has 1 aromatic heterocycles. The van der Waals surface area contributed by atoms with Crippen LogP contribution in [-0.2, 0) is 19.4 Å². The van der Waals surface area contributed by atoms with Crippen LogP contribution in [0.1, 0.15) is 55.8 Å². The van der Waals surface area contributed by atoms with E-state index in [0.29, 0.717) is 12.6 Å². The molecule has 0 spiro atoms. The van der Waals surface area contributed by atoms with E-state index < -0.39 is 0 Å². The quantitative estimate of drug-likeness (QED) is 0.909. The van der Waals surface area contributed by atoms with Crippen molar-refractivity contribution in [2.75, 3.05) is 0 Å². The first-order chi connectivity index (χ1) is 9.26. The number of hydrogen-bond acceptors (Lipinski definition) is 3. The molecule has 1 aromatic rings. The minimum atomic E-state index is 0.341. The molecule has 3 rings (SSSR count). The number of nitrogens with two attached hydrogens (primary N) is 1. The minimum absolute atomic E-state index is 0.341. The maximum atomic E-state index is 6.16. The largest absolute Gasteiger partial charge is 0.474 e. The average Bonchev–Trinajstić information content (AvgIpc) is 2.87. The van der Waals surface area contributed by atoms with Crippen LogP contribution in [0, 0.1) is 5.92 Å². The summed E-state index contributed by atoms with van der Waals surface area (Å²) in [5.74, 6) is 1.66. The van der Waals surface area contributed by atoms with Crippen molar-refractivity contribution >= 4 is 0 Å². The van der Waals surface area contributed by atoms with Crippen LogP contribution >= 0.6 is 0 Å². The number of ether oxygens (including phenoxy) is 1. The summed E-state index contributed by atoms with van der Waals surface area (Å²) in [6, 6.07) is 2.22. The molecule has 2 aliphatic rings. The molecule has 0 aliphatic heterocycles. The van der Waals surface area contributed by atoms with Crippen molar-refractivity contribution in [3.8, 4) is 5.88 Å². The summed E-state index contributed by atoms with van der Waals surface area (Å²) >= 11 is 0. The third-order valence-corrected chi connectivity index (χ3v) is 4.55. The molecule has 1 fully saturated rings. The van der Waals surface area contributed by atoms with Gasteiger partial charge in [-0.2, -0.15) is 0 Å². The Balaban J connectivity index is 1.76. The Kier molecular flexibility index (Phi) is 3.74. The number of hydrogen-bond donors (Lipinski definition) is 1. The Morgan fingerprint density at radius 3 is 2.79 bits per heavy atom. The summed E-state index contributed by atoms with van der Waals surface area (Å²) in [4.78, 5) is 4.73. The first-order valence-electron chi connectivity index (χ1n) is 7.64. The highest BCUT2D eigenvalue weighted by Gasteiger charge is 2.22. The summed E-state index contributed by atoms with van der Waals surface area (Å²) < 4.78 is 6.16. The van der Waals surface area contributed by atoms with Crippen molar-refractivity contribution in [3.05, 3.63) is 22.9 Å². The zero-order valence-corrected chi connectivity index (χ0v) is 11.8. The lowest BCUT2D eigenvalue weighted by atomic mass is 9.89. The molecule has 0 aromatic carbocycles. The Morgan fingerprint density at radius 2 is 2.05 bits per heavy atom. The van der Waals surface area contributed by atoms with Crippen LogP contribution in [0.4, 0.5) is 0 Å². The van der Waals surface area contributed by atoms with Gasteiger partial charge in [0.1, 0.15) is 6.10 Å². The fourth-order valence-corrected chi connectivity index (χ4v) is 3.25. The number of fused-ring (bicyclic) bond motifs is 1. The highest BCUT2D eigenvalue weighted by molar-refractivity contribution is 5.36. The van der Waals surface area contributed by atoms with Gasteiger partial charge in [0.15, 0.2) is 0 Å². The molecule has 19 heavy (non-hydrogen) atoms. The zero-order valence-electron chi connectivity index (χ0n) is 11.8. The smallest absolute Gasteiger partial charge is 0.218 e. The van der Waals surface area contributed by atoms with Crippen molar-refractivity contribution < 1.29 is 4.74 Å². The van der Waals surface area contributed by atoms with E-state index in [1.807, 2.05) is 0 Å². The Labute approximate surface area is 115 Å². The molecular weight excluding hydrogens is 236 g/mol. The molecule has 2 aliphatic carbocycles. The van der Waals surface area contributed by atoms with Gasteiger partial charge in [-0.25, -0.2) is 4.98 Å². The van der Waals surface area contributed by atoms with Crippen LogP contribution in [0.3, 0.4) is 0 Å². The summed E-state index contributed by atoms with van der Waals surface area (Å²) in [5.41, 5.74) is 9.55. The van der Waals surface area contributed by atoms with Gasteiger partial charge in [0.2, 0.25) is 5.88 Å². The first-order valence-corrected chi connectivity index (χ1v) is 7.64. The van der Waals surface area contributed by atoms with Gasteiger partial charge in [0.05, 0.1) is 0 Å². The molecule has 1 heterocycles. The lowest BCUT2D eigenvalue weighted by Gasteiger charge is -2.27. The normalized spacial score (nSPS) is 26.2. The molecule has 0 atom stereocenters. The maximum Gasteiger partial charge on any atom is 0.218 e. The number of pyridine rings is 1. The van der Waals surface area contributed by atoms with Gasteiger partial charge >= 0.3 is 0 Å². The standard InChI is InChI=1S/C16H24N2O/c1-11-5-7-14(8-6-11)19-16-13(10-17)9-12-3-2-4-15(12)18-16/h9,11,14H,2-8,10,17H2,1H3. The number of aryl methyl sites for hydroxylation is 2. The zero-order chi connectivity index (χ0) is 13.2. The van der Waals surface area contributed by atoms with E-state index in [0.717, 1.165) is 43.0 Å². The van der Waals surface area contributed by atoms with Crippen molar-refractivity contribution in [2.45, 2.75) is 64.5 Å². The lowest BCUT2D eigenvalue weighted by molar-refractivity contribution is 0.128. The molecule has 0 radical (unpaired) electrons. The van der Waals surface area contributed by atoms with Crippen LogP contribution in [-0.4, -0.2) is 11.1 Å². The SMILES string of the molecule is CC1CCC(Oc2nc3c(cc2CN)CCC3)CC1. The summed E-state index contributed by atoms with van der Waals surface area (Å²) in [6.07, 6.45) is 8.66. The average molecular weight is 260 g/mol.